The third kappa shape index (κ3) is 2.27. The van der Waals surface area contributed by atoms with Gasteiger partial charge in [-0.2, -0.15) is 0 Å². The summed E-state index contributed by atoms with van der Waals surface area (Å²) in [4.78, 5) is 2.23. The number of likely N-dealkylation sites (N-methyl/N-ethyl adjacent to an activating group) is 1. The molecular weight excluding hydrogens is 196 g/mol. The van der Waals surface area contributed by atoms with Gasteiger partial charge < -0.3 is 9.30 Å². The Kier molecular flexibility index (Phi) is 3.30. The Morgan fingerprint density at radius 2 is 2.00 bits per heavy atom. The smallest absolute Gasteiger partial charge is 0.0482 e. The SMILES string of the molecule is CCc1ccc2c(CCN(C)C)ccn2c1. The van der Waals surface area contributed by atoms with Crippen molar-refractivity contribution >= 4 is 5.52 Å². The summed E-state index contributed by atoms with van der Waals surface area (Å²) < 4.78 is 2.24. The maximum atomic E-state index is 2.24. The van der Waals surface area contributed by atoms with Gasteiger partial charge >= 0.3 is 0 Å². The molecule has 0 amide bonds. The maximum Gasteiger partial charge on any atom is 0.0482 e. The van der Waals surface area contributed by atoms with E-state index in [0.717, 1.165) is 19.4 Å². The van der Waals surface area contributed by atoms with Crippen molar-refractivity contribution in [2.24, 2.45) is 0 Å². The minimum atomic E-state index is 1.10. The standard InChI is InChI=1S/C14H20N2/c1-4-12-5-6-14-13(7-9-15(2)3)8-10-16(14)11-12/h5-6,8,10-11H,4,7,9H2,1-3H3. The second-order valence-electron chi connectivity index (χ2n) is 4.58. The summed E-state index contributed by atoms with van der Waals surface area (Å²) in [6.45, 7) is 3.30. The highest BCUT2D eigenvalue weighted by Crippen LogP contribution is 2.15. The van der Waals surface area contributed by atoms with Crippen molar-refractivity contribution in [2.45, 2.75) is 19.8 Å². The average molecular weight is 216 g/mol. The number of nitrogens with zero attached hydrogens (tertiary/aromatic N) is 2. The molecule has 0 saturated carbocycles. The van der Waals surface area contributed by atoms with Crippen LogP contribution in [0.3, 0.4) is 0 Å². The van der Waals surface area contributed by atoms with Crippen LogP contribution in [0.15, 0.2) is 30.6 Å². The van der Waals surface area contributed by atoms with E-state index in [0.29, 0.717) is 0 Å². The van der Waals surface area contributed by atoms with Gasteiger partial charge in [0.15, 0.2) is 0 Å². The Morgan fingerprint density at radius 3 is 2.69 bits per heavy atom. The highest BCUT2D eigenvalue weighted by molar-refractivity contribution is 5.56. The molecule has 0 aliphatic rings. The average Bonchev–Trinajstić information content (AvgIpc) is 2.68. The zero-order chi connectivity index (χ0) is 11.5. The van der Waals surface area contributed by atoms with Gasteiger partial charge in [-0.25, -0.2) is 0 Å². The first-order valence-electron chi connectivity index (χ1n) is 5.94. The van der Waals surface area contributed by atoms with Gasteiger partial charge in [0.2, 0.25) is 0 Å². The molecule has 0 aliphatic carbocycles. The highest BCUT2D eigenvalue weighted by Gasteiger charge is 2.03. The normalized spacial score (nSPS) is 11.5. The van der Waals surface area contributed by atoms with Crippen LogP contribution in [0.1, 0.15) is 18.1 Å². The van der Waals surface area contributed by atoms with Crippen molar-refractivity contribution in [1.29, 1.82) is 0 Å². The molecule has 0 aromatic carbocycles. The number of fused-ring (bicyclic) bond motifs is 1. The summed E-state index contributed by atoms with van der Waals surface area (Å²) in [5.41, 5.74) is 4.18. The molecule has 0 atom stereocenters. The molecule has 86 valence electrons. The summed E-state index contributed by atoms with van der Waals surface area (Å²) in [5, 5.41) is 0. The van der Waals surface area contributed by atoms with Gasteiger partial charge in [-0.15, -0.1) is 0 Å². The lowest BCUT2D eigenvalue weighted by Crippen LogP contribution is -2.14. The first-order valence-corrected chi connectivity index (χ1v) is 5.94. The second-order valence-corrected chi connectivity index (χ2v) is 4.58. The topological polar surface area (TPSA) is 7.65 Å². The van der Waals surface area contributed by atoms with Crippen molar-refractivity contribution in [3.63, 3.8) is 0 Å². The first kappa shape index (κ1) is 11.2. The quantitative estimate of drug-likeness (QED) is 0.762. The molecule has 0 saturated heterocycles. The van der Waals surface area contributed by atoms with Crippen LogP contribution in [0.4, 0.5) is 0 Å². The van der Waals surface area contributed by atoms with Gasteiger partial charge in [-0.3, -0.25) is 0 Å². The van der Waals surface area contributed by atoms with E-state index in [9.17, 15) is 0 Å². The summed E-state index contributed by atoms with van der Waals surface area (Å²) in [6, 6.07) is 6.70. The van der Waals surface area contributed by atoms with Gasteiger partial charge in [0, 0.05) is 24.5 Å². The van der Waals surface area contributed by atoms with E-state index >= 15 is 0 Å². The Balaban J connectivity index is 2.27. The van der Waals surface area contributed by atoms with E-state index < -0.39 is 0 Å². The fourth-order valence-electron chi connectivity index (χ4n) is 1.98. The molecule has 0 unspecified atom stereocenters. The monoisotopic (exact) mass is 216 g/mol. The van der Waals surface area contributed by atoms with Gasteiger partial charge in [-0.1, -0.05) is 13.0 Å². The minimum Gasteiger partial charge on any atom is -0.323 e. The number of rotatable bonds is 4. The van der Waals surface area contributed by atoms with Gasteiger partial charge in [0.1, 0.15) is 0 Å². The van der Waals surface area contributed by atoms with Crippen LogP contribution in [-0.2, 0) is 12.8 Å². The molecule has 0 spiro atoms. The Morgan fingerprint density at radius 1 is 1.19 bits per heavy atom. The Bertz CT molecular complexity index is 469. The van der Waals surface area contributed by atoms with Crippen LogP contribution in [0.5, 0.6) is 0 Å². The largest absolute Gasteiger partial charge is 0.323 e. The molecule has 0 aliphatic heterocycles. The molecule has 0 bridgehead atoms. The number of hydrogen-bond donors (Lipinski definition) is 0. The molecule has 2 nitrogen and oxygen atoms in total. The van der Waals surface area contributed by atoms with Crippen LogP contribution >= 0.6 is 0 Å². The lowest BCUT2D eigenvalue weighted by molar-refractivity contribution is 0.414. The summed E-state index contributed by atoms with van der Waals surface area (Å²) in [7, 11) is 4.24. The van der Waals surface area contributed by atoms with Crippen LogP contribution in [0.2, 0.25) is 0 Å². The lowest BCUT2D eigenvalue weighted by atomic mass is 10.1. The summed E-state index contributed by atoms with van der Waals surface area (Å²) >= 11 is 0. The number of hydrogen-bond acceptors (Lipinski definition) is 1. The van der Waals surface area contributed by atoms with E-state index in [-0.39, 0.29) is 0 Å². The predicted molar refractivity (Wildman–Crippen MR) is 69.0 cm³/mol. The fourth-order valence-corrected chi connectivity index (χ4v) is 1.98. The van der Waals surface area contributed by atoms with E-state index in [1.54, 1.807) is 0 Å². The van der Waals surface area contributed by atoms with Gasteiger partial charge in [0.05, 0.1) is 0 Å². The summed E-state index contributed by atoms with van der Waals surface area (Å²) in [6.07, 6.45) is 6.62. The minimum absolute atomic E-state index is 1.10. The van der Waals surface area contributed by atoms with Crippen molar-refractivity contribution in [3.8, 4) is 0 Å². The van der Waals surface area contributed by atoms with Crippen molar-refractivity contribution in [1.82, 2.24) is 9.30 Å². The molecule has 2 aromatic heterocycles. The Labute approximate surface area is 97.5 Å². The van der Waals surface area contributed by atoms with Crippen molar-refractivity contribution in [3.05, 3.63) is 41.7 Å². The second kappa shape index (κ2) is 4.71. The molecule has 0 radical (unpaired) electrons. The third-order valence-electron chi connectivity index (χ3n) is 3.04. The lowest BCUT2D eigenvalue weighted by Gasteiger charge is -2.08. The molecule has 16 heavy (non-hydrogen) atoms. The van der Waals surface area contributed by atoms with Crippen LogP contribution < -0.4 is 0 Å². The third-order valence-corrected chi connectivity index (χ3v) is 3.04. The number of aromatic nitrogens is 1. The van der Waals surface area contributed by atoms with Gasteiger partial charge in [-0.05, 0) is 50.2 Å². The van der Waals surface area contributed by atoms with Crippen LogP contribution in [0.25, 0.3) is 5.52 Å². The Hall–Kier alpha value is -1.28. The van der Waals surface area contributed by atoms with E-state index in [1.165, 1.54) is 16.6 Å². The van der Waals surface area contributed by atoms with Gasteiger partial charge in [0.25, 0.3) is 0 Å². The van der Waals surface area contributed by atoms with Crippen molar-refractivity contribution < 1.29 is 0 Å². The summed E-state index contributed by atoms with van der Waals surface area (Å²) in [5.74, 6) is 0. The van der Waals surface area contributed by atoms with Crippen molar-refractivity contribution in [2.75, 3.05) is 20.6 Å². The maximum absolute atomic E-state index is 2.24. The highest BCUT2D eigenvalue weighted by atomic mass is 15.0. The first-order chi connectivity index (χ1) is 7.70. The molecule has 2 heteroatoms. The fraction of sp³-hybridized carbons (Fsp3) is 0.429. The van der Waals surface area contributed by atoms with E-state index in [4.69, 9.17) is 0 Å². The van der Waals surface area contributed by atoms with Crippen LogP contribution in [-0.4, -0.2) is 29.9 Å². The zero-order valence-electron chi connectivity index (χ0n) is 10.4. The number of aryl methyl sites for hydroxylation is 1. The molecule has 2 rings (SSSR count). The molecule has 2 heterocycles. The molecular formula is C14H20N2. The zero-order valence-corrected chi connectivity index (χ0v) is 10.4. The van der Waals surface area contributed by atoms with Crippen LogP contribution in [0, 0.1) is 0 Å². The van der Waals surface area contributed by atoms with E-state index in [1.807, 2.05) is 0 Å². The molecule has 0 fully saturated rings. The van der Waals surface area contributed by atoms with E-state index in [2.05, 4.69) is 60.9 Å². The molecule has 0 N–H and O–H groups in total. The molecule has 2 aromatic rings. The predicted octanol–water partition coefficient (Wildman–Crippen LogP) is 2.61. The number of pyridine rings is 1.